The Bertz CT molecular complexity index is 357. The van der Waals surface area contributed by atoms with Crippen LogP contribution in [0.4, 0.5) is 4.79 Å². The maximum Gasteiger partial charge on any atom is 0.326 e. The average molecular weight is 275 g/mol. The van der Waals surface area contributed by atoms with Crippen molar-refractivity contribution in [2.24, 2.45) is 0 Å². The molecular formula is C10H17N3O6. The molecule has 9 heteroatoms. The second-order valence-corrected chi connectivity index (χ2v) is 3.51. The number of hydrogen-bond donors (Lipinski definition) is 4. The number of esters is 1. The number of carbonyl (C=O) groups is 4. The molecule has 1 atom stereocenters. The molecule has 19 heavy (non-hydrogen) atoms. The highest BCUT2D eigenvalue weighted by atomic mass is 16.5. The summed E-state index contributed by atoms with van der Waals surface area (Å²) in [5.41, 5.74) is 0. The molecule has 0 radical (unpaired) electrons. The molecule has 0 heterocycles. The van der Waals surface area contributed by atoms with Crippen molar-refractivity contribution in [3.05, 3.63) is 0 Å². The van der Waals surface area contributed by atoms with Gasteiger partial charge in [-0.25, -0.2) is 9.59 Å². The van der Waals surface area contributed by atoms with Crippen LogP contribution < -0.4 is 16.0 Å². The lowest BCUT2D eigenvalue weighted by Gasteiger charge is -2.14. The number of carboxylic acids is 1. The average Bonchev–Trinajstić information content (AvgIpc) is 2.39. The van der Waals surface area contributed by atoms with Gasteiger partial charge < -0.3 is 25.8 Å². The molecule has 0 aliphatic heterocycles. The van der Waals surface area contributed by atoms with Crippen LogP contribution >= 0.6 is 0 Å². The Labute approximate surface area is 109 Å². The van der Waals surface area contributed by atoms with Gasteiger partial charge in [0.25, 0.3) is 0 Å². The quantitative estimate of drug-likeness (QED) is 0.415. The van der Waals surface area contributed by atoms with E-state index in [2.05, 4.69) is 20.7 Å². The fraction of sp³-hybridized carbons (Fsp3) is 0.600. The molecule has 0 rings (SSSR count). The minimum Gasteiger partial charge on any atom is -0.480 e. The third-order valence-electron chi connectivity index (χ3n) is 2.16. The zero-order chi connectivity index (χ0) is 14.8. The molecule has 4 N–H and O–H groups in total. The first-order valence-corrected chi connectivity index (χ1v) is 5.45. The molecule has 0 aromatic carbocycles. The molecule has 108 valence electrons. The van der Waals surface area contributed by atoms with E-state index in [1.807, 2.05) is 0 Å². The monoisotopic (exact) mass is 275 g/mol. The maximum absolute atomic E-state index is 11.3. The summed E-state index contributed by atoms with van der Waals surface area (Å²) in [6.45, 7) is -0.272. The molecule has 0 aromatic rings. The molecule has 9 nitrogen and oxygen atoms in total. The van der Waals surface area contributed by atoms with Gasteiger partial charge in [-0.15, -0.1) is 0 Å². The molecule has 3 amide bonds. The molecular weight excluding hydrogens is 258 g/mol. The molecule has 0 bridgehead atoms. The molecule has 0 unspecified atom stereocenters. The van der Waals surface area contributed by atoms with Crippen LogP contribution in [0, 0.1) is 0 Å². The number of methoxy groups -OCH3 is 1. The molecule has 0 spiro atoms. The highest BCUT2D eigenvalue weighted by molar-refractivity contribution is 5.86. The standard InChI is InChI=1S/C10H17N3O6/c1-11-7(14)5-12-10(18)13-6(9(16)17)3-4-8(15)19-2/h6H,3-5H2,1-2H3,(H,11,14)(H,16,17)(H2,12,13,18)/t6-/m1/s1. The molecule has 0 aromatic heterocycles. The van der Waals surface area contributed by atoms with E-state index in [9.17, 15) is 19.2 Å². The van der Waals surface area contributed by atoms with Crippen molar-refractivity contribution in [2.45, 2.75) is 18.9 Å². The van der Waals surface area contributed by atoms with Crippen molar-refractivity contribution in [1.82, 2.24) is 16.0 Å². The summed E-state index contributed by atoms with van der Waals surface area (Å²) in [5.74, 6) is -2.27. The van der Waals surface area contributed by atoms with Crippen molar-refractivity contribution in [2.75, 3.05) is 20.7 Å². The van der Waals surface area contributed by atoms with E-state index >= 15 is 0 Å². The minimum atomic E-state index is -1.28. The van der Waals surface area contributed by atoms with Crippen LogP contribution in [0.3, 0.4) is 0 Å². The lowest BCUT2D eigenvalue weighted by Crippen LogP contribution is -2.48. The van der Waals surface area contributed by atoms with E-state index in [0.29, 0.717) is 0 Å². The van der Waals surface area contributed by atoms with Gasteiger partial charge in [0.2, 0.25) is 5.91 Å². The van der Waals surface area contributed by atoms with Gasteiger partial charge in [0.05, 0.1) is 13.7 Å². The first kappa shape index (κ1) is 16.7. The van der Waals surface area contributed by atoms with Gasteiger partial charge in [0, 0.05) is 13.5 Å². The van der Waals surface area contributed by atoms with E-state index in [1.165, 1.54) is 14.2 Å². The Hall–Kier alpha value is -2.32. The van der Waals surface area contributed by atoms with Gasteiger partial charge in [-0.2, -0.15) is 0 Å². The van der Waals surface area contributed by atoms with Gasteiger partial charge in [0.15, 0.2) is 0 Å². The summed E-state index contributed by atoms with van der Waals surface area (Å²) < 4.78 is 4.37. The number of nitrogens with one attached hydrogen (secondary N) is 3. The van der Waals surface area contributed by atoms with Crippen molar-refractivity contribution in [3.8, 4) is 0 Å². The zero-order valence-electron chi connectivity index (χ0n) is 10.7. The topological polar surface area (TPSA) is 134 Å². The van der Waals surface area contributed by atoms with Crippen LogP contribution in [0.15, 0.2) is 0 Å². The van der Waals surface area contributed by atoms with E-state index < -0.39 is 29.9 Å². The lowest BCUT2D eigenvalue weighted by molar-refractivity contribution is -0.142. The van der Waals surface area contributed by atoms with Crippen molar-refractivity contribution in [1.29, 1.82) is 0 Å². The van der Waals surface area contributed by atoms with E-state index in [1.54, 1.807) is 0 Å². The van der Waals surface area contributed by atoms with Crippen LogP contribution in [0.2, 0.25) is 0 Å². The largest absolute Gasteiger partial charge is 0.480 e. The van der Waals surface area contributed by atoms with Crippen molar-refractivity contribution < 1.29 is 29.0 Å². The third-order valence-corrected chi connectivity index (χ3v) is 2.16. The number of hydrogen-bond acceptors (Lipinski definition) is 5. The minimum absolute atomic E-state index is 0.102. The Morgan fingerprint density at radius 1 is 1.26 bits per heavy atom. The second kappa shape index (κ2) is 8.72. The number of amides is 3. The van der Waals surface area contributed by atoms with Gasteiger partial charge in [-0.05, 0) is 6.42 Å². The van der Waals surface area contributed by atoms with Crippen LogP contribution in [0.5, 0.6) is 0 Å². The molecule has 0 fully saturated rings. The molecule has 0 saturated carbocycles. The molecule has 0 aliphatic rings. The highest BCUT2D eigenvalue weighted by Crippen LogP contribution is 1.99. The van der Waals surface area contributed by atoms with Crippen LogP contribution in [0.1, 0.15) is 12.8 Å². The Morgan fingerprint density at radius 3 is 2.37 bits per heavy atom. The van der Waals surface area contributed by atoms with Gasteiger partial charge in [0.1, 0.15) is 6.04 Å². The number of aliphatic carboxylic acids is 1. The Morgan fingerprint density at radius 2 is 1.89 bits per heavy atom. The van der Waals surface area contributed by atoms with E-state index in [4.69, 9.17) is 5.11 Å². The molecule has 0 saturated heterocycles. The number of likely N-dealkylation sites (N-methyl/N-ethyl adjacent to an activating group) is 1. The summed E-state index contributed by atoms with van der Waals surface area (Å²) in [4.78, 5) is 43.9. The SMILES string of the molecule is CNC(=O)CNC(=O)N[C@H](CCC(=O)OC)C(=O)O. The summed E-state index contributed by atoms with van der Waals surface area (Å²) in [5, 5.41) is 15.5. The number of carbonyl (C=O) groups excluding carboxylic acids is 3. The number of urea groups is 1. The maximum atomic E-state index is 11.3. The van der Waals surface area contributed by atoms with Crippen LogP contribution in [-0.4, -0.2) is 55.7 Å². The lowest BCUT2D eigenvalue weighted by atomic mass is 10.1. The first-order chi connectivity index (χ1) is 8.90. The summed E-state index contributed by atoms with van der Waals surface area (Å²) in [6, 6.07) is -2.04. The van der Waals surface area contributed by atoms with Crippen LogP contribution in [-0.2, 0) is 19.1 Å². The Kier molecular flexibility index (Phi) is 7.66. The first-order valence-electron chi connectivity index (χ1n) is 5.45. The third kappa shape index (κ3) is 7.58. The smallest absolute Gasteiger partial charge is 0.326 e. The predicted octanol–water partition coefficient (Wildman–Crippen LogP) is -1.56. The summed E-state index contributed by atoms with van der Waals surface area (Å²) >= 11 is 0. The summed E-state index contributed by atoms with van der Waals surface area (Å²) in [6.07, 6.45) is -0.238. The number of carboxylic acid groups (broad SMARTS) is 1. The van der Waals surface area contributed by atoms with Crippen LogP contribution in [0.25, 0.3) is 0 Å². The van der Waals surface area contributed by atoms with Crippen molar-refractivity contribution >= 4 is 23.9 Å². The predicted molar refractivity (Wildman–Crippen MR) is 63.3 cm³/mol. The fourth-order valence-electron chi connectivity index (χ4n) is 1.08. The Balaban J connectivity index is 4.19. The normalized spacial score (nSPS) is 11.1. The molecule has 0 aliphatic carbocycles. The fourth-order valence-corrected chi connectivity index (χ4v) is 1.08. The zero-order valence-corrected chi connectivity index (χ0v) is 10.7. The second-order valence-electron chi connectivity index (χ2n) is 3.51. The number of ether oxygens (including phenoxy) is 1. The highest BCUT2D eigenvalue weighted by Gasteiger charge is 2.21. The van der Waals surface area contributed by atoms with E-state index in [-0.39, 0.29) is 19.4 Å². The van der Waals surface area contributed by atoms with Gasteiger partial charge in [-0.1, -0.05) is 0 Å². The van der Waals surface area contributed by atoms with Crippen molar-refractivity contribution in [3.63, 3.8) is 0 Å². The number of rotatable bonds is 7. The van der Waals surface area contributed by atoms with Gasteiger partial charge in [-0.3, -0.25) is 9.59 Å². The summed E-state index contributed by atoms with van der Waals surface area (Å²) in [7, 11) is 2.58. The van der Waals surface area contributed by atoms with Gasteiger partial charge >= 0.3 is 18.0 Å². The van der Waals surface area contributed by atoms with E-state index in [0.717, 1.165) is 0 Å².